The number of rotatable bonds is 15. The molecule has 186 valence electrons. The number of benzene rings is 3. The van der Waals surface area contributed by atoms with Crippen molar-refractivity contribution in [2.24, 2.45) is 0 Å². The van der Waals surface area contributed by atoms with E-state index in [0.717, 1.165) is 31.2 Å². The van der Waals surface area contributed by atoms with Crippen molar-refractivity contribution in [3.05, 3.63) is 83.9 Å². The zero-order chi connectivity index (χ0) is 24.7. The summed E-state index contributed by atoms with van der Waals surface area (Å²) in [5, 5.41) is 2.47. The summed E-state index contributed by atoms with van der Waals surface area (Å²) < 4.78 is 10.5. The lowest BCUT2D eigenvalue weighted by atomic mass is 10.0. The highest BCUT2D eigenvalue weighted by atomic mass is 16.5. The number of carbonyl (C=O) groups excluding carboxylic acids is 2. The van der Waals surface area contributed by atoms with Crippen molar-refractivity contribution < 1.29 is 19.1 Å². The van der Waals surface area contributed by atoms with Crippen LogP contribution < -0.4 is 0 Å². The lowest BCUT2D eigenvalue weighted by Gasteiger charge is -2.23. The van der Waals surface area contributed by atoms with E-state index in [1.807, 2.05) is 35.2 Å². The van der Waals surface area contributed by atoms with E-state index in [1.54, 1.807) is 0 Å². The zero-order valence-electron chi connectivity index (χ0n) is 20.8. The molecule has 3 aromatic rings. The summed E-state index contributed by atoms with van der Waals surface area (Å²) in [5.41, 5.74) is 2.40. The van der Waals surface area contributed by atoms with Gasteiger partial charge in [-0.3, -0.25) is 9.59 Å². The lowest BCUT2D eigenvalue weighted by Crippen LogP contribution is -2.34. The van der Waals surface area contributed by atoms with E-state index in [4.69, 9.17) is 9.47 Å². The van der Waals surface area contributed by atoms with Crippen molar-refractivity contribution in [3.63, 3.8) is 0 Å². The van der Waals surface area contributed by atoms with Gasteiger partial charge in [0.05, 0.1) is 13.7 Å². The first-order valence-electron chi connectivity index (χ1n) is 12.6. The predicted molar refractivity (Wildman–Crippen MR) is 140 cm³/mol. The Bertz CT molecular complexity index is 1050. The number of nitrogens with zero attached hydrogens (tertiary/aromatic N) is 1. The first kappa shape index (κ1) is 26.4. The molecule has 0 N–H and O–H groups in total. The van der Waals surface area contributed by atoms with Crippen LogP contribution in [0.25, 0.3) is 10.8 Å². The smallest absolute Gasteiger partial charge is 0.305 e. The fraction of sp³-hybridized carbons (Fsp3) is 0.400. The number of hydrogen-bond donors (Lipinski definition) is 0. The minimum atomic E-state index is -0.176. The molecule has 0 bridgehead atoms. The van der Waals surface area contributed by atoms with Crippen molar-refractivity contribution in [1.82, 2.24) is 4.90 Å². The van der Waals surface area contributed by atoms with Crippen LogP contribution in [0.3, 0.4) is 0 Å². The Morgan fingerprint density at radius 1 is 0.771 bits per heavy atom. The molecule has 35 heavy (non-hydrogen) atoms. The SMILES string of the molecule is COC(=O)CCCCCN(CCc1cccc2ccccc12)C(=O)CCCOCc1ccccc1. The van der Waals surface area contributed by atoms with E-state index < -0.39 is 0 Å². The quantitative estimate of drug-likeness (QED) is 0.202. The van der Waals surface area contributed by atoms with Crippen LogP contribution in [0.4, 0.5) is 0 Å². The Morgan fingerprint density at radius 2 is 1.54 bits per heavy atom. The summed E-state index contributed by atoms with van der Waals surface area (Å²) in [7, 11) is 1.42. The Morgan fingerprint density at radius 3 is 2.37 bits per heavy atom. The molecule has 0 saturated heterocycles. The van der Waals surface area contributed by atoms with Gasteiger partial charge >= 0.3 is 5.97 Å². The third kappa shape index (κ3) is 9.18. The second-order valence-corrected chi connectivity index (χ2v) is 8.80. The molecule has 5 heteroatoms. The number of esters is 1. The second-order valence-electron chi connectivity index (χ2n) is 8.80. The number of hydrogen-bond acceptors (Lipinski definition) is 4. The molecule has 0 aliphatic heterocycles. The number of unbranched alkanes of at least 4 members (excludes halogenated alkanes) is 2. The Labute approximate surface area is 209 Å². The second kappa shape index (κ2) is 14.9. The van der Waals surface area contributed by atoms with Gasteiger partial charge in [-0.15, -0.1) is 0 Å². The summed E-state index contributed by atoms with van der Waals surface area (Å²) >= 11 is 0. The number of ether oxygens (including phenoxy) is 2. The van der Waals surface area contributed by atoms with Crippen molar-refractivity contribution in [2.75, 3.05) is 26.8 Å². The van der Waals surface area contributed by atoms with Crippen LogP contribution in [0.1, 0.15) is 49.7 Å². The van der Waals surface area contributed by atoms with Crippen LogP contribution in [0, 0.1) is 0 Å². The number of carbonyl (C=O) groups is 2. The molecule has 0 unspecified atom stereocenters. The molecule has 0 aromatic heterocycles. The Kier molecular flexibility index (Phi) is 11.3. The van der Waals surface area contributed by atoms with Gasteiger partial charge in [0.15, 0.2) is 0 Å². The highest BCUT2D eigenvalue weighted by Crippen LogP contribution is 2.19. The fourth-order valence-corrected chi connectivity index (χ4v) is 4.23. The van der Waals surface area contributed by atoms with Crippen molar-refractivity contribution in [2.45, 2.75) is 51.6 Å². The molecular weight excluding hydrogens is 438 g/mol. The zero-order valence-corrected chi connectivity index (χ0v) is 20.8. The molecule has 0 spiro atoms. The van der Waals surface area contributed by atoms with Crippen LogP contribution in [-0.4, -0.2) is 43.6 Å². The van der Waals surface area contributed by atoms with Gasteiger partial charge in [0.2, 0.25) is 5.91 Å². The average molecular weight is 476 g/mol. The molecular formula is C30H37NO4. The van der Waals surface area contributed by atoms with E-state index in [-0.39, 0.29) is 11.9 Å². The molecule has 3 aromatic carbocycles. The summed E-state index contributed by atoms with van der Waals surface area (Å²) in [6, 6.07) is 24.8. The summed E-state index contributed by atoms with van der Waals surface area (Å²) in [5.74, 6) is -0.00842. The Balaban J connectivity index is 1.49. The third-order valence-corrected chi connectivity index (χ3v) is 6.21. The van der Waals surface area contributed by atoms with E-state index >= 15 is 0 Å². The molecule has 1 amide bonds. The van der Waals surface area contributed by atoms with Gasteiger partial charge in [-0.2, -0.15) is 0 Å². The molecule has 0 saturated carbocycles. The fourth-order valence-electron chi connectivity index (χ4n) is 4.23. The van der Waals surface area contributed by atoms with Crippen LogP contribution in [0.15, 0.2) is 72.8 Å². The monoisotopic (exact) mass is 475 g/mol. The maximum absolute atomic E-state index is 13.1. The standard InChI is InChI=1S/C30H37NO4/c1-34-30(33)19-6-3-9-21-31(22-20-27-16-10-15-26-14-7-8-17-28(26)27)29(32)18-11-23-35-24-25-12-4-2-5-13-25/h2,4-5,7-8,10,12-17H,3,6,9,11,18-24H2,1H3. The summed E-state index contributed by atoms with van der Waals surface area (Å²) in [4.78, 5) is 26.4. The molecule has 5 nitrogen and oxygen atoms in total. The largest absolute Gasteiger partial charge is 0.469 e. The maximum atomic E-state index is 13.1. The topological polar surface area (TPSA) is 55.8 Å². The van der Waals surface area contributed by atoms with Crippen molar-refractivity contribution in [1.29, 1.82) is 0 Å². The van der Waals surface area contributed by atoms with Gasteiger partial charge in [0.1, 0.15) is 0 Å². The average Bonchev–Trinajstić information content (AvgIpc) is 2.90. The van der Waals surface area contributed by atoms with E-state index in [9.17, 15) is 9.59 Å². The number of amides is 1. The molecule has 0 atom stereocenters. The lowest BCUT2D eigenvalue weighted by molar-refractivity contribution is -0.140. The van der Waals surface area contributed by atoms with Gasteiger partial charge < -0.3 is 14.4 Å². The minimum absolute atomic E-state index is 0.168. The van der Waals surface area contributed by atoms with Gasteiger partial charge in [0, 0.05) is 32.5 Å². The molecule has 0 fully saturated rings. The summed E-state index contributed by atoms with van der Waals surface area (Å²) in [6.45, 7) is 2.53. The van der Waals surface area contributed by atoms with E-state index in [1.165, 1.54) is 23.4 Å². The van der Waals surface area contributed by atoms with Crippen LogP contribution in [0.5, 0.6) is 0 Å². The predicted octanol–water partition coefficient (Wildman–Crippen LogP) is 5.94. The number of fused-ring (bicyclic) bond motifs is 1. The highest BCUT2D eigenvalue weighted by Gasteiger charge is 2.14. The normalized spacial score (nSPS) is 10.9. The van der Waals surface area contributed by atoms with Gasteiger partial charge in [-0.25, -0.2) is 0 Å². The van der Waals surface area contributed by atoms with Gasteiger partial charge in [-0.1, -0.05) is 79.2 Å². The maximum Gasteiger partial charge on any atom is 0.305 e. The van der Waals surface area contributed by atoms with Crippen LogP contribution in [-0.2, 0) is 32.1 Å². The van der Waals surface area contributed by atoms with Crippen molar-refractivity contribution in [3.8, 4) is 0 Å². The van der Waals surface area contributed by atoms with Crippen LogP contribution >= 0.6 is 0 Å². The van der Waals surface area contributed by atoms with Gasteiger partial charge in [0.25, 0.3) is 0 Å². The Hall–Kier alpha value is -3.18. The van der Waals surface area contributed by atoms with E-state index in [2.05, 4.69) is 42.5 Å². The minimum Gasteiger partial charge on any atom is -0.469 e. The van der Waals surface area contributed by atoms with Gasteiger partial charge in [-0.05, 0) is 47.6 Å². The molecule has 0 heterocycles. The molecule has 0 radical (unpaired) electrons. The first-order chi connectivity index (χ1) is 17.2. The molecule has 0 aliphatic rings. The van der Waals surface area contributed by atoms with Crippen molar-refractivity contribution >= 4 is 22.6 Å². The number of methoxy groups -OCH3 is 1. The summed E-state index contributed by atoms with van der Waals surface area (Å²) in [6.07, 6.45) is 4.99. The molecule has 3 rings (SSSR count). The first-order valence-corrected chi connectivity index (χ1v) is 12.6. The highest BCUT2D eigenvalue weighted by molar-refractivity contribution is 5.85. The third-order valence-electron chi connectivity index (χ3n) is 6.21. The molecule has 0 aliphatic carbocycles. The van der Waals surface area contributed by atoms with E-state index in [0.29, 0.717) is 45.6 Å². The van der Waals surface area contributed by atoms with Crippen LogP contribution in [0.2, 0.25) is 0 Å².